The molecule has 0 aliphatic carbocycles. The maximum Gasteiger partial charge on any atom is 0.275 e. The molecule has 0 bridgehead atoms. The zero-order valence-corrected chi connectivity index (χ0v) is 10.4. The van der Waals surface area contributed by atoms with Crippen molar-refractivity contribution in [1.29, 1.82) is 0 Å². The molecule has 98 valence electrons. The van der Waals surface area contributed by atoms with Gasteiger partial charge in [0, 0.05) is 11.5 Å². The van der Waals surface area contributed by atoms with Crippen LogP contribution in [0.2, 0.25) is 0 Å². The third kappa shape index (κ3) is 3.26. The summed E-state index contributed by atoms with van der Waals surface area (Å²) in [6.45, 7) is 4.66. The van der Waals surface area contributed by atoms with E-state index in [0.717, 1.165) is 6.07 Å². The number of nitrogens with zero attached hydrogens (tertiary/aromatic N) is 1. The molecule has 1 aromatic rings. The van der Waals surface area contributed by atoms with Gasteiger partial charge in [0.05, 0.1) is 11.0 Å². The third-order valence-electron chi connectivity index (χ3n) is 2.46. The second-order valence-corrected chi connectivity index (χ2v) is 4.24. The van der Waals surface area contributed by atoms with Crippen LogP contribution in [0.25, 0.3) is 0 Å². The lowest BCUT2D eigenvalue weighted by Crippen LogP contribution is -2.17. The first-order valence-corrected chi connectivity index (χ1v) is 5.43. The van der Waals surface area contributed by atoms with Crippen molar-refractivity contribution in [2.45, 2.75) is 20.8 Å². The summed E-state index contributed by atoms with van der Waals surface area (Å²) >= 11 is 0. The molecule has 0 atom stereocenters. The molecule has 0 saturated heterocycles. The minimum absolute atomic E-state index is 0.146. The normalized spacial score (nSPS) is 10.5. The highest BCUT2D eigenvalue weighted by Gasteiger charge is 2.17. The smallest absolute Gasteiger partial charge is 0.275 e. The summed E-state index contributed by atoms with van der Waals surface area (Å²) in [5, 5.41) is 10.6. The highest BCUT2D eigenvalue weighted by atomic mass is 19.1. The number of ketones is 1. The van der Waals surface area contributed by atoms with E-state index in [-0.39, 0.29) is 35.3 Å². The number of carbonyl (C=O) groups is 1. The van der Waals surface area contributed by atoms with Crippen molar-refractivity contribution in [2.24, 2.45) is 5.92 Å². The number of rotatable bonds is 5. The molecule has 0 aliphatic heterocycles. The fraction of sp³-hybridized carbons (Fsp3) is 0.417. The molecule has 0 heterocycles. The molecule has 0 spiro atoms. The van der Waals surface area contributed by atoms with E-state index < -0.39 is 10.7 Å². The minimum atomic E-state index is -0.844. The van der Waals surface area contributed by atoms with Gasteiger partial charge in [-0.1, -0.05) is 13.8 Å². The van der Waals surface area contributed by atoms with Crippen molar-refractivity contribution in [3.63, 3.8) is 0 Å². The molecule has 0 aromatic heterocycles. The lowest BCUT2D eigenvalue weighted by Gasteiger charge is -2.09. The number of nitro groups is 1. The van der Waals surface area contributed by atoms with Gasteiger partial charge in [0.1, 0.15) is 6.61 Å². The highest BCUT2D eigenvalue weighted by Crippen LogP contribution is 2.27. The molecule has 0 aliphatic rings. The van der Waals surface area contributed by atoms with Crippen molar-refractivity contribution in [2.75, 3.05) is 6.61 Å². The van der Waals surface area contributed by atoms with Crippen molar-refractivity contribution < 1.29 is 18.8 Å². The van der Waals surface area contributed by atoms with E-state index in [1.54, 1.807) is 13.8 Å². The predicted octanol–water partition coefficient (Wildman–Crippen LogP) is 2.65. The van der Waals surface area contributed by atoms with Gasteiger partial charge >= 0.3 is 0 Å². The number of hydrogen-bond acceptors (Lipinski definition) is 4. The Bertz CT molecular complexity index is 485. The lowest BCUT2D eigenvalue weighted by molar-refractivity contribution is -0.385. The van der Waals surface area contributed by atoms with E-state index in [4.69, 9.17) is 4.74 Å². The maximum absolute atomic E-state index is 13.5. The van der Waals surface area contributed by atoms with Gasteiger partial charge in [-0.25, -0.2) is 4.39 Å². The predicted molar refractivity (Wildman–Crippen MR) is 63.1 cm³/mol. The molecular formula is C12H14FNO4. The first-order valence-electron chi connectivity index (χ1n) is 5.43. The summed E-state index contributed by atoms with van der Waals surface area (Å²) in [5.74, 6) is -1.35. The summed E-state index contributed by atoms with van der Waals surface area (Å²) in [4.78, 5) is 21.3. The zero-order valence-electron chi connectivity index (χ0n) is 10.4. The number of ether oxygens (including phenoxy) is 1. The van der Waals surface area contributed by atoms with Crippen molar-refractivity contribution in [1.82, 2.24) is 0 Å². The summed E-state index contributed by atoms with van der Waals surface area (Å²) < 4.78 is 18.5. The van der Waals surface area contributed by atoms with Crippen molar-refractivity contribution >= 4 is 11.5 Å². The molecule has 0 radical (unpaired) electrons. The molecule has 18 heavy (non-hydrogen) atoms. The van der Waals surface area contributed by atoms with Crippen LogP contribution in [-0.4, -0.2) is 17.3 Å². The first kappa shape index (κ1) is 14.1. The largest absolute Gasteiger partial charge is 0.483 e. The Morgan fingerprint density at radius 2 is 2.11 bits per heavy atom. The van der Waals surface area contributed by atoms with Gasteiger partial charge in [-0.05, 0) is 13.0 Å². The molecule has 5 nitrogen and oxygen atoms in total. The molecule has 0 N–H and O–H groups in total. The SMILES string of the molecule is Cc1cc(OCC(=O)C(C)C)c(F)cc1[N+](=O)[O-]. The van der Waals surface area contributed by atoms with Gasteiger partial charge in [-0.15, -0.1) is 0 Å². The number of hydrogen-bond donors (Lipinski definition) is 0. The van der Waals surface area contributed by atoms with Crippen LogP contribution >= 0.6 is 0 Å². The summed E-state index contributed by atoms with van der Waals surface area (Å²) in [7, 11) is 0. The Hall–Kier alpha value is -1.98. The standard InChI is InChI=1S/C12H14FNO4/c1-7(2)11(15)6-18-12-4-8(3)10(14(16)17)5-9(12)13/h4-5,7H,6H2,1-3H3. The van der Waals surface area contributed by atoms with E-state index in [9.17, 15) is 19.3 Å². The van der Waals surface area contributed by atoms with E-state index in [1.807, 2.05) is 0 Å². The quantitative estimate of drug-likeness (QED) is 0.599. The van der Waals surface area contributed by atoms with Crippen molar-refractivity contribution in [3.05, 3.63) is 33.6 Å². The van der Waals surface area contributed by atoms with E-state index in [1.165, 1.54) is 13.0 Å². The number of nitro benzene ring substituents is 1. The molecule has 0 saturated carbocycles. The van der Waals surface area contributed by atoms with Gasteiger partial charge in [-0.2, -0.15) is 0 Å². The number of aryl methyl sites for hydroxylation is 1. The van der Waals surface area contributed by atoms with Gasteiger partial charge in [-0.3, -0.25) is 14.9 Å². The monoisotopic (exact) mass is 255 g/mol. The van der Waals surface area contributed by atoms with Crippen LogP contribution in [0.3, 0.4) is 0 Å². The Morgan fingerprint density at radius 1 is 1.50 bits per heavy atom. The van der Waals surface area contributed by atoms with Crippen LogP contribution in [-0.2, 0) is 4.79 Å². The molecule has 1 rings (SSSR count). The lowest BCUT2D eigenvalue weighted by atomic mass is 10.1. The summed E-state index contributed by atoms with van der Waals surface area (Å²) in [6.07, 6.45) is 0. The fourth-order valence-electron chi connectivity index (χ4n) is 1.27. The van der Waals surface area contributed by atoms with Crippen LogP contribution in [0.5, 0.6) is 5.75 Å². The zero-order chi connectivity index (χ0) is 13.9. The van der Waals surface area contributed by atoms with E-state index in [2.05, 4.69) is 0 Å². The van der Waals surface area contributed by atoms with Gasteiger partial charge in [0.15, 0.2) is 17.3 Å². The topological polar surface area (TPSA) is 69.4 Å². The Morgan fingerprint density at radius 3 is 2.61 bits per heavy atom. The number of halogens is 1. The summed E-state index contributed by atoms with van der Waals surface area (Å²) in [5.41, 5.74) is -0.0246. The molecule has 0 fully saturated rings. The molecule has 1 aromatic carbocycles. The first-order chi connectivity index (χ1) is 8.32. The maximum atomic E-state index is 13.5. The molecular weight excluding hydrogens is 241 g/mol. The van der Waals surface area contributed by atoms with E-state index >= 15 is 0 Å². The van der Waals surface area contributed by atoms with Crippen molar-refractivity contribution in [3.8, 4) is 5.75 Å². The minimum Gasteiger partial charge on any atom is -0.483 e. The van der Waals surface area contributed by atoms with Gasteiger partial charge in [0.25, 0.3) is 5.69 Å². The second-order valence-electron chi connectivity index (χ2n) is 4.24. The Balaban J connectivity index is 2.89. The average Bonchev–Trinajstić information content (AvgIpc) is 2.28. The highest BCUT2D eigenvalue weighted by molar-refractivity contribution is 5.81. The number of Topliss-reactive ketones (excluding diaryl/α,β-unsaturated/α-hetero) is 1. The third-order valence-corrected chi connectivity index (χ3v) is 2.46. The van der Waals surface area contributed by atoms with Crippen LogP contribution in [0.15, 0.2) is 12.1 Å². The van der Waals surface area contributed by atoms with Gasteiger partial charge in [0.2, 0.25) is 0 Å². The fourth-order valence-corrected chi connectivity index (χ4v) is 1.27. The van der Waals surface area contributed by atoms with E-state index in [0.29, 0.717) is 0 Å². The van der Waals surface area contributed by atoms with Crippen LogP contribution in [0, 0.1) is 28.8 Å². The molecule has 0 amide bonds. The van der Waals surface area contributed by atoms with Crippen LogP contribution in [0.1, 0.15) is 19.4 Å². The van der Waals surface area contributed by atoms with Crippen LogP contribution in [0.4, 0.5) is 10.1 Å². The Kier molecular flexibility index (Phi) is 4.36. The molecule has 6 heteroatoms. The van der Waals surface area contributed by atoms with Crippen LogP contribution < -0.4 is 4.74 Å². The number of benzene rings is 1. The van der Waals surface area contributed by atoms with Gasteiger partial charge < -0.3 is 4.74 Å². The average molecular weight is 255 g/mol. The Labute approximate surface area is 104 Å². The summed E-state index contributed by atoms with van der Waals surface area (Å²) in [6, 6.07) is 2.02. The number of carbonyl (C=O) groups excluding carboxylic acids is 1. The second kappa shape index (κ2) is 5.57. The molecule has 0 unspecified atom stereocenters.